The maximum Gasteiger partial charge on any atom is 0.224 e. The summed E-state index contributed by atoms with van der Waals surface area (Å²) >= 11 is 12.5. The monoisotopic (exact) mass is 430 g/mol. The fourth-order valence-corrected chi connectivity index (χ4v) is 3.84. The first-order valence-corrected chi connectivity index (χ1v) is 11.5. The summed E-state index contributed by atoms with van der Waals surface area (Å²) in [7, 11) is 0. The molecule has 2 N–H and O–H groups in total. The number of halogens is 2. The molecule has 160 valence electrons. The lowest BCUT2D eigenvalue weighted by Crippen LogP contribution is -2.36. The summed E-state index contributed by atoms with van der Waals surface area (Å²) in [4.78, 5) is 25.4. The molecule has 2 unspecified atom stereocenters. The molecular weight excluding hydrogens is 395 g/mol. The smallest absolute Gasteiger partial charge is 0.224 e. The van der Waals surface area contributed by atoms with Crippen LogP contribution in [-0.4, -0.2) is 24.7 Å². The quantitative estimate of drug-likeness (QED) is 0.349. The first-order valence-electron chi connectivity index (χ1n) is 10.8. The van der Waals surface area contributed by atoms with Crippen molar-refractivity contribution in [2.45, 2.75) is 79.1 Å². The summed E-state index contributed by atoms with van der Waals surface area (Å²) in [5.41, 5.74) is 0.269. The highest BCUT2D eigenvalue weighted by molar-refractivity contribution is 6.55. The van der Waals surface area contributed by atoms with Crippen LogP contribution in [0.2, 0.25) is 0 Å². The second-order valence-corrected chi connectivity index (χ2v) is 8.39. The third-order valence-corrected chi connectivity index (χ3v) is 6.23. The molecule has 0 aromatic heterocycles. The molecule has 0 spiro atoms. The first-order chi connectivity index (χ1) is 13.4. The van der Waals surface area contributed by atoms with E-state index in [4.69, 9.17) is 23.2 Å². The Labute approximate surface area is 180 Å². The van der Waals surface area contributed by atoms with E-state index < -0.39 is 11.6 Å². The topological polar surface area (TPSA) is 58.2 Å². The van der Waals surface area contributed by atoms with E-state index in [9.17, 15) is 9.59 Å². The van der Waals surface area contributed by atoms with Crippen LogP contribution in [-0.2, 0) is 9.59 Å². The van der Waals surface area contributed by atoms with Crippen LogP contribution in [0.25, 0.3) is 0 Å². The molecule has 6 heteroatoms. The van der Waals surface area contributed by atoms with Gasteiger partial charge in [-0.05, 0) is 24.7 Å². The molecular formula is C22H36Cl2N2O2. The van der Waals surface area contributed by atoms with Crippen molar-refractivity contribution in [1.82, 2.24) is 10.6 Å². The van der Waals surface area contributed by atoms with E-state index in [0.29, 0.717) is 24.9 Å². The molecule has 0 aromatic rings. The number of carbonyl (C=O) groups is 2. The number of unbranched alkanes of at least 4 members (excludes halogenated alkanes) is 2. The maximum atomic E-state index is 12.7. The number of carbonyl (C=O) groups excluding carboxylic acids is 2. The maximum absolute atomic E-state index is 12.7. The van der Waals surface area contributed by atoms with Crippen molar-refractivity contribution in [3.63, 3.8) is 0 Å². The van der Waals surface area contributed by atoms with Crippen LogP contribution in [0, 0.1) is 11.8 Å². The Bertz CT molecular complexity index is 547. The first kappa shape index (κ1) is 25.0. The molecule has 0 aliphatic heterocycles. The highest BCUT2D eigenvalue weighted by Crippen LogP contribution is 2.28. The Balaban J connectivity index is 2.79. The molecule has 1 aliphatic rings. The van der Waals surface area contributed by atoms with Crippen LogP contribution in [0.15, 0.2) is 21.5 Å². The zero-order valence-electron chi connectivity index (χ0n) is 17.8. The Morgan fingerprint density at radius 3 is 1.36 bits per heavy atom. The summed E-state index contributed by atoms with van der Waals surface area (Å²) in [6, 6.07) is 0. The number of hydrogen-bond donors (Lipinski definition) is 2. The van der Waals surface area contributed by atoms with E-state index in [2.05, 4.69) is 38.3 Å². The van der Waals surface area contributed by atoms with Gasteiger partial charge in [0.25, 0.3) is 0 Å². The van der Waals surface area contributed by atoms with Gasteiger partial charge in [0.2, 0.25) is 11.6 Å². The van der Waals surface area contributed by atoms with Gasteiger partial charge in [0.05, 0.1) is 0 Å². The van der Waals surface area contributed by atoms with Gasteiger partial charge in [-0.15, -0.1) is 0 Å². The highest BCUT2D eigenvalue weighted by Gasteiger charge is 2.33. The number of ketones is 2. The molecule has 0 fully saturated rings. The van der Waals surface area contributed by atoms with Gasteiger partial charge in [0.15, 0.2) is 0 Å². The average Bonchev–Trinajstić information content (AvgIpc) is 2.70. The molecule has 1 rings (SSSR count). The van der Waals surface area contributed by atoms with Gasteiger partial charge in [-0.3, -0.25) is 9.59 Å². The van der Waals surface area contributed by atoms with Crippen LogP contribution in [0.5, 0.6) is 0 Å². The Morgan fingerprint density at radius 2 is 1.07 bits per heavy atom. The fourth-order valence-electron chi connectivity index (χ4n) is 3.34. The number of hydrogen-bond acceptors (Lipinski definition) is 4. The lowest BCUT2D eigenvalue weighted by Gasteiger charge is -2.23. The zero-order chi connectivity index (χ0) is 21.1. The van der Waals surface area contributed by atoms with Gasteiger partial charge in [-0.2, -0.15) is 0 Å². The van der Waals surface area contributed by atoms with Gasteiger partial charge in [0.1, 0.15) is 21.5 Å². The van der Waals surface area contributed by atoms with E-state index in [0.717, 1.165) is 51.4 Å². The van der Waals surface area contributed by atoms with Crippen molar-refractivity contribution in [3.8, 4) is 0 Å². The summed E-state index contributed by atoms with van der Waals surface area (Å²) in [5.74, 6) is 0.0679. The zero-order valence-corrected chi connectivity index (χ0v) is 19.3. The molecule has 0 saturated carbocycles. The van der Waals surface area contributed by atoms with E-state index in [1.54, 1.807) is 0 Å². The van der Waals surface area contributed by atoms with Crippen molar-refractivity contribution in [2.24, 2.45) is 11.8 Å². The Kier molecular flexibility index (Phi) is 11.9. The van der Waals surface area contributed by atoms with Crippen LogP contribution < -0.4 is 10.6 Å². The lowest BCUT2D eigenvalue weighted by atomic mass is 9.97. The van der Waals surface area contributed by atoms with E-state index in [1.165, 1.54) is 0 Å². The summed E-state index contributed by atoms with van der Waals surface area (Å²) in [6.45, 7) is 9.80. The number of Topliss-reactive ketones (excluding diaryl/α,β-unsaturated/α-hetero) is 2. The van der Waals surface area contributed by atoms with Crippen molar-refractivity contribution in [3.05, 3.63) is 21.5 Å². The molecule has 1 aliphatic carbocycles. The second kappa shape index (κ2) is 13.3. The number of nitrogens with one attached hydrogen (secondary N) is 2. The largest absolute Gasteiger partial charge is 0.380 e. The van der Waals surface area contributed by atoms with Crippen LogP contribution in [0.4, 0.5) is 0 Å². The van der Waals surface area contributed by atoms with Crippen molar-refractivity contribution in [2.75, 3.05) is 13.1 Å². The Morgan fingerprint density at radius 1 is 0.714 bits per heavy atom. The minimum atomic E-state index is -0.402. The minimum Gasteiger partial charge on any atom is -0.380 e. The van der Waals surface area contributed by atoms with Crippen molar-refractivity contribution >= 4 is 34.8 Å². The van der Waals surface area contributed by atoms with Crippen molar-refractivity contribution in [1.29, 1.82) is 0 Å². The molecule has 0 heterocycles. The SMILES string of the molecule is CCCCC(CC)CNC1=C(Cl)C(=O)C(NCC(CC)CCCC)=C(Cl)C1=O. The summed E-state index contributed by atoms with van der Waals surface area (Å²) < 4.78 is 0. The van der Waals surface area contributed by atoms with Crippen molar-refractivity contribution < 1.29 is 9.59 Å². The second-order valence-electron chi connectivity index (χ2n) is 7.63. The third kappa shape index (κ3) is 7.11. The van der Waals surface area contributed by atoms with Gasteiger partial charge in [0, 0.05) is 13.1 Å². The van der Waals surface area contributed by atoms with Gasteiger partial charge in [-0.25, -0.2) is 0 Å². The molecule has 0 bridgehead atoms. The number of allylic oxidation sites excluding steroid dienone is 2. The molecule has 2 atom stereocenters. The fraction of sp³-hybridized carbons (Fsp3) is 0.727. The lowest BCUT2D eigenvalue weighted by molar-refractivity contribution is -0.116. The van der Waals surface area contributed by atoms with E-state index in [-0.39, 0.29) is 21.5 Å². The summed E-state index contributed by atoms with van der Waals surface area (Å²) in [5, 5.41) is 6.06. The highest BCUT2D eigenvalue weighted by atomic mass is 35.5. The standard InChI is InChI=1S/C22H36Cl2N2O2/c1-5-9-11-15(7-3)13-25-19-17(23)22(28)20(18(24)21(19)27)26-14-16(8-4)12-10-6-2/h15-16,25-26H,5-14H2,1-4H3. The molecule has 0 amide bonds. The van der Waals surface area contributed by atoms with Crippen LogP contribution in [0.3, 0.4) is 0 Å². The normalized spacial score (nSPS) is 17.2. The summed E-state index contributed by atoms with van der Waals surface area (Å²) in [6.07, 6.45) is 8.74. The van der Waals surface area contributed by atoms with Gasteiger partial charge >= 0.3 is 0 Å². The van der Waals surface area contributed by atoms with Gasteiger partial charge in [-0.1, -0.05) is 89.4 Å². The predicted molar refractivity (Wildman–Crippen MR) is 118 cm³/mol. The predicted octanol–water partition coefficient (Wildman–Crippen LogP) is 5.65. The molecule has 28 heavy (non-hydrogen) atoms. The molecule has 0 aromatic carbocycles. The average molecular weight is 431 g/mol. The van der Waals surface area contributed by atoms with E-state index in [1.807, 2.05) is 0 Å². The van der Waals surface area contributed by atoms with Crippen LogP contribution >= 0.6 is 23.2 Å². The minimum absolute atomic E-state index is 0.0659. The van der Waals surface area contributed by atoms with Crippen LogP contribution in [0.1, 0.15) is 79.1 Å². The van der Waals surface area contributed by atoms with Gasteiger partial charge < -0.3 is 10.6 Å². The third-order valence-electron chi connectivity index (χ3n) is 5.51. The Hall–Kier alpha value is -1.00. The number of rotatable bonds is 14. The molecule has 0 saturated heterocycles. The molecule has 4 nitrogen and oxygen atoms in total. The van der Waals surface area contributed by atoms with E-state index >= 15 is 0 Å². The molecule has 0 radical (unpaired) electrons.